The number of hydrogen-bond donors (Lipinski definition) is 6. The summed E-state index contributed by atoms with van der Waals surface area (Å²) in [5.74, 6) is 11.6. The Morgan fingerprint density at radius 1 is 0.414 bits per heavy atom. The van der Waals surface area contributed by atoms with Crippen molar-refractivity contribution in [1.82, 2.24) is 31.9 Å². The predicted molar refractivity (Wildman–Crippen MR) is 317 cm³/mol. The molecule has 394 valence electrons. The Bertz CT molecular complexity index is 1650. The molecule has 0 spiro atoms. The number of nitrogens with one attached hydrogen (secondary N) is 6. The monoisotopic (exact) mass is 1150 g/mol. The van der Waals surface area contributed by atoms with E-state index in [2.05, 4.69) is 67.0 Å². The fourth-order valence-corrected chi connectivity index (χ4v) is 21.6. The van der Waals surface area contributed by atoms with Gasteiger partial charge in [-0.3, -0.25) is 9.98 Å². The van der Waals surface area contributed by atoms with E-state index < -0.39 is 0 Å². The van der Waals surface area contributed by atoms with Gasteiger partial charge in [0.15, 0.2) is 20.6 Å². The lowest BCUT2D eigenvalue weighted by molar-refractivity contribution is -0.0103. The zero-order valence-electron chi connectivity index (χ0n) is 43.9. The summed E-state index contributed by atoms with van der Waals surface area (Å²) in [6.45, 7) is 3.98. The number of thioether (sulfide) groups is 2. The quantitative estimate of drug-likeness (QED) is 0.0224. The number of aliphatic imine (C=N–C) groups is 2. The van der Waals surface area contributed by atoms with Crippen molar-refractivity contribution in [2.75, 3.05) is 43.6 Å². The molecule has 16 saturated carbocycles. The van der Waals surface area contributed by atoms with Gasteiger partial charge in [0.2, 0.25) is 0 Å². The molecule has 0 aliphatic heterocycles. The Balaban J connectivity index is 0.000000157. The Hall–Kier alpha value is -0.250. The lowest BCUT2D eigenvalue weighted by Gasteiger charge is -2.57. The minimum atomic E-state index is 0.284. The van der Waals surface area contributed by atoms with Crippen LogP contribution in [-0.2, 0) is 0 Å². The summed E-state index contributed by atoms with van der Waals surface area (Å²) in [5.41, 5.74) is 1.31. The molecule has 0 atom stereocenters. The van der Waals surface area contributed by atoms with Crippen LogP contribution in [0.15, 0.2) is 9.98 Å². The third kappa shape index (κ3) is 13.1. The van der Waals surface area contributed by atoms with E-state index in [1.807, 2.05) is 28.5 Å². The second-order valence-electron chi connectivity index (χ2n) is 26.7. The number of amidine groups is 2. The highest BCUT2D eigenvalue weighted by Gasteiger charge is 2.54. The van der Waals surface area contributed by atoms with Crippen molar-refractivity contribution in [3.63, 3.8) is 0 Å². The number of unbranched alkanes of at least 4 members (excludes halogenated alkanes) is 4. The number of alkyl halides is 1. The first-order valence-electron chi connectivity index (χ1n) is 29.2. The van der Waals surface area contributed by atoms with Gasteiger partial charge in [-0.15, -0.1) is 0 Å². The van der Waals surface area contributed by atoms with Crippen LogP contribution in [0.25, 0.3) is 0 Å². The van der Waals surface area contributed by atoms with Crippen molar-refractivity contribution in [3.05, 3.63) is 0 Å². The fraction of sp³-hybridized carbons (Fsp3) is 0.930. The van der Waals surface area contributed by atoms with E-state index in [0.717, 1.165) is 107 Å². The van der Waals surface area contributed by atoms with Gasteiger partial charge in [-0.25, -0.2) is 0 Å². The molecule has 0 saturated heterocycles. The molecular weight excluding hydrogens is 1050 g/mol. The number of thiocarbonyl (C=S) groups is 2. The van der Waals surface area contributed by atoms with Gasteiger partial charge in [-0.05, 0) is 306 Å². The third-order valence-electron chi connectivity index (χ3n) is 20.8. The third-order valence-corrected chi connectivity index (χ3v) is 22.5. The molecule has 0 unspecified atom stereocenters. The van der Waals surface area contributed by atoms with Crippen LogP contribution in [0.1, 0.15) is 193 Å². The Morgan fingerprint density at radius 3 is 1.06 bits per heavy atom. The van der Waals surface area contributed by atoms with Crippen molar-refractivity contribution in [2.45, 2.75) is 215 Å². The Labute approximate surface area is 458 Å². The summed E-state index contributed by atoms with van der Waals surface area (Å²) in [7, 11) is 0. The van der Waals surface area contributed by atoms with Gasteiger partial charge in [0.1, 0.15) is 0 Å². The molecule has 6 N–H and O–H groups in total. The molecule has 0 aromatic heterocycles. The summed E-state index contributed by atoms with van der Waals surface area (Å²) >= 11 is 17.2. The minimum Gasteiger partial charge on any atom is -0.365 e. The van der Waals surface area contributed by atoms with Gasteiger partial charge in [0.25, 0.3) is 0 Å². The van der Waals surface area contributed by atoms with Gasteiger partial charge in [-0.1, -0.05) is 46.1 Å². The molecule has 0 radical (unpaired) electrons. The molecule has 0 aromatic carbocycles. The largest absolute Gasteiger partial charge is 0.365 e. The van der Waals surface area contributed by atoms with Gasteiger partial charge >= 0.3 is 0 Å². The van der Waals surface area contributed by atoms with Crippen molar-refractivity contribution in [1.29, 1.82) is 0 Å². The average Bonchev–Trinajstić information content (AvgIpc) is 3.29. The summed E-state index contributed by atoms with van der Waals surface area (Å²) in [5, 5.41) is 26.5. The van der Waals surface area contributed by atoms with Crippen molar-refractivity contribution in [3.8, 4) is 0 Å². The van der Waals surface area contributed by atoms with Gasteiger partial charge < -0.3 is 31.9 Å². The highest BCUT2D eigenvalue weighted by molar-refractivity contribution is 14.1. The van der Waals surface area contributed by atoms with E-state index in [0.29, 0.717) is 16.6 Å². The van der Waals surface area contributed by atoms with E-state index in [-0.39, 0.29) is 5.54 Å². The van der Waals surface area contributed by atoms with Crippen LogP contribution in [0.3, 0.4) is 0 Å². The summed E-state index contributed by atoms with van der Waals surface area (Å²) < 4.78 is 0. The van der Waals surface area contributed by atoms with E-state index in [4.69, 9.17) is 34.4 Å². The van der Waals surface area contributed by atoms with Crippen LogP contribution < -0.4 is 31.9 Å². The highest BCUT2D eigenvalue weighted by Crippen LogP contribution is 2.59. The molecule has 16 fully saturated rings. The summed E-state index contributed by atoms with van der Waals surface area (Å²) in [4.78, 5) is 12.4. The van der Waals surface area contributed by atoms with Crippen LogP contribution in [0, 0.1) is 71.0 Å². The van der Waals surface area contributed by atoms with Gasteiger partial charge in [-0.2, -0.15) is 0 Å². The van der Waals surface area contributed by atoms with E-state index >= 15 is 0 Å². The molecule has 16 bridgehead atoms. The summed E-state index contributed by atoms with van der Waals surface area (Å²) in [6, 6.07) is 0. The maximum atomic E-state index is 5.69. The first-order chi connectivity index (χ1) is 34.0. The zero-order valence-corrected chi connectivity index (χ0v) is 49.3. The lowest BCUT2D eigenvalue weighted by atomic mass is 9.53. The molecule has 8 nitrogen and oxygen atoms in total. The molecule has 16 aliphatic carbocycles. The maximum absolute atomic E-state index is 5.69. The molecule has 16 aliphatic rings. The Morgan fingerprint density at radius 2 is 0.714 bits per heavy atom. The first-order valence-corrected chi connectivity index (χ1v) is 34.7. The molecule has 0 heterocycles. The SMILES string of the molecule is CI.CSC(=NC12CC3CC(CC(C3)C1)C2)NCCCCCN=C(NC12CC3CC(CC(C3)C1)C2)SC.S=C(NCCCCCNC(=S)NC12CC3CC(CC(C3)C1)C2)NC12CC3CC(CC(C3)C1)C2. The topological polar surface area (TPSA) is 96.9 Å². The standard InChI is InChI=1S/C29H48N4S2.C27H44N4S2.CH3I/c1-34-26(32-28-14-20-8-21(15-28)10-22(9-20)16-28)30-6-4-3-5-7-31-27(35-2)33-29-17-23-11-24(18-29)13-25(12-23)19-29;32-24(30-26-12-18-6-19(13-26)8-20(7-18)14-26)28-4-2-1-3-5-29-25(33)31-27-15-21-9-22(16-27)11-23(10-21)17-27;1-2/h20-25H,3-19H2,1-2H3,(H,30,32)(H,31,33);18-23H,1-17H2,(H2,28,30,32)(H2,29,31,33);1H3. The van der Waals surface area contributed by atoms with E-state index in [9.17, 15) is 0 Å². The predicted octanol–water partition coefficient (Wildman–Crippen LogP) is 12.8. The molecule has 13 heteroatoms. The molecule has 0 amide bonds. The van der Waals surface area contributed by atoms with Gasteiger partial charge in [0.05, 0.1) is 5.54 Å². The first kappa shape index (κ1) is 53.2. The van der Waals surface area contributed by atoms with Crippen LogP contribution >= 0.6 is 70.6 Å². The molecule has 70 heavy (non-hydrogen) atoms. The van der Waals surface area contributed by atoms with Crippen molar-refractivity contribution < 1.29 is 0 Å². The second kappa shape index (κ2) is 23.6. The number of halogens is 1. The summed E-state index contributed by atoms with van der Waals surface area (Å²) in [6.07, 6.45) is 45.9. The lowest BCUT2D eigenvalue weighted by Crippen LogP contribution is -2.61. The van der Waals surface area contributed by atoms with Crippen LogP contribution in [0.5, 0.6) is 0 Å². The number of nitrogens with zero attached hydrogens (tertiary/aromatic N) is 2. The van der Waals surface area contributed by atoms with Gasteiger partial charge in [0, 0.05) is 42.8 Å². The van der Waals surface area contributed by atoms with E-state index in [1.54, 1.807) is 0 Å². The van der Waals surface area contributed by atoms with Crippen molar-refractivity contribution >= 4 is 91.1 Å². The van der Waals surface area contributed by atoms with Crippen molar-refractivity contribution in [2.24, 2.45) is 81.0 Å². The van der Waals surface area contributed by atoms with Crippen LogP contribution in [-0.4, -0.2) is 86.3 Å². The Kier molecular flexibility index (Phi) is 17.9. The normalized spacial score (nSPS) is 42.7. The molecule has 0 aromatic rings. The van der Waals surface area contributed by atoms with E-state index in [1.165, 1.54) is 203 Å². The molecule has 16 rings (SSSR count). The zero-order chi connectivity index (χ0) is 48.4. The van der Waals surface area contributed by atoms with Crippen LogP contribution in [0.2, 0.25) is 0 Å². The maximum Gasteiger partial charge on any atom is 0.166 e. The number of hydrogen-bond acceptors (Lipinski definition) is 6. The van der Waals surface area contributed by atoms with Crippen LogP contribution in [0.4, 0.5) is 0 Å². The fourth-order valence-electron chi connectivity index (χ4n) is 19.9. The second-order valence-corrected chi connectivity index (χ2v) is 29.1. The smallest absolute Gasteiger partial charge is 0.166 e. The minimum absolute atomic E-state index is 0.284. The number of rotatable bonds is 16. The average molecular weight is 1150 g/mol. The highest BCUT2D eigenvalue weighted by atomic mass is 127. The molecular formula is C57H95IN8S4.